The maximum atomic E-state index is 4.29. The van der Waals surface area contributed by atoms with Crippen molar-refractivity contribution in [3.8, 4) is 11.4 Å². The van der Waals surface area contributed by atoms with Crippen LogP contribution in [0.15, 0.2) is 42.7 Å². The summed E-state index contributed by atoms with van der Waals surface area (Å²) in [7, 11) is 2.16. The molecule has 0 saturated carbocycles. The average molecular weight is 278 g/mol. The van der Waals surface area contributed by atoms with Crippen LogP contribution in [-0.2, 0) is 13.6 Å². The van der Waals surface area contributed by atoms with Crippen molar-refractivity contribution in [1.82, 2.24) is 9.55 Å². The lowest BCUT2D eigenvalue weighted by Crippen LogP contribution is -2.30. The molecule has 0 aliphatic carbocycles. The topological polar surface area (TPSA) is 21.7 Å². The minimum atomic E-state index is 0.975. The minimum Gasteiger partial charge on any atom is -0.264 e. The van der Waals surface area contributed by atoms with Crippen molar-refractivity contribution in [2.45, 2.75) is 6.54 Å². The highest BCUT2D eigenvalue weighted by Crippen LogP contribution is 2.37. The molecular formula is C16H12N3S+. The van der Waals surface area contributed by atoms with Crippen LogP contribution in [-0.4, -0.2) is 9.55 Å². The van der Waals surface area contributed by atoms with E-state index in [4.69, 9.17) is 0 Å². The maximum absolute atomic E-state index is 4.29. The Morgan fingerprint density at radius 2 is 2.15 bits per heavy atom. The Kier molecular flexibility index (Phi) is 1.83. The van der Waals surface area contributed by atoms with Gasteiger partial charge in [0.25, 0.3) is 5.82 Å². The predicted molar refractivity (Wildman–Crippen MR) is 80.8 cm³/mol. The molecule has 4 aromatic rings. The quantitative estimate of drug-likeness (QED) is 0.399. The van der Waals surface area contributed by atoms with Gasteiger partial charge in [-0.15, -0.1) is 0 Å². The minimum absolute atomic E-state index is 0.975. The van der Waals surface area contributed by atoms with Gasteiger partial charge in [0.05, 0.1) is 18.0 Å². The van der Waals surface area contributed by atoms with Gasteiger partial charge in [-0.2, -0.15) is 0 Å². The van der Waals surface area contributed by atoms with E-state index < -0.39 is 0 Å². The van der Waals surface area contributed by atoms with Gasteiger partial charge in [-0.25, -0.2) is 9.13 Å². The van der Waals surface area contributed by atoms with Gasteiger partial charge < -0.3 is 0 Å². The molecule has 0 radical (unpaired) electrons. The molecular weight excluding hydrogens is 266 g/mol. The smallest absolute Gasteiger partial charge is 0.264 e. The lowest BCUT2D eigenvalue weighted by atomic mass is 10.1. The molecule has 0 amide bonds. The van der Waals surface area contributed by atoms with Gasteiger partial charge in [-0.05, 0) is 12.1 Å². The van der Waals surface area contributed by atoms with Crippen molar-refractivity contribution < 1.29 is 4.57 Å². The Bertz CT molecular complexity index is 994. The second-order valence-corrected chi connectivity index (χ2v) is 6.28. The molecule has 5 rings (SSSR count). The van der Waals surface area contributed by atoms with E-state index in [0.29, 0.717) is 0 Å². The average Bonchev–Trinajstić information content (AvgIpc) is 3.10. The lowest BCUT2D eigenvalue weighted by Gasteiger charge is -1.95. The number of thiophene rings is 1. The molecule has 0 atom stereocenters. The van der Waals surface area contributed by atoms with Crippen molar-refractivity contribution in [1.29, 1.82) is 0 Å². The van der Waals surface area contributed by atoms with Gasteiger partial charge >= 0.3 is 0 Å². The monoisotopic (exact) mass is 278 g/mol. The van der Waals surface area contributed by atoms with E-state index in [2.05, 4.69) is 51.5 Å². The number of hydrogen-bond acceptors (Lipinski definition) is 2. The van der Waals surface area contributed by atoms with Crippen LogP contribution in [0.25, 0.3) is 31.8 Å². The molecule has 0 N–H and O–H groups in total. The SMILES string of the molecule is Cn1c2[n+](c3sc4ccncc4c31)Cc1ccccc1-2. The lowest BCUT2D eigenvalue weighted by molar-refractivity contribution is -0.644. The highest BCUT2D eigenvalue weighted by molar-refractivity contribution is 7.25. The second-order valence-electron chi connectivity index (χ2n) is 5.25. The summed E-state index contributed by atoms with van der Waals surface area (Å²) < 4.78 is 6.07. The summed E-state index contributed by atoms with van der Waals surface area (Å²) in [5.41, 5.74) is 4.08. The summed E-state index contributed by atoms with van der Waals surface area (Å²) in [6.07, 6.45) is 3.85. The molecule has 0 fully saturated rings. The Morgan fingerprint density at radius 1 is 1.25 bits per heavy atom. The first-order valence-corrected chi connectivity index (χ1v) is 7.49. The van der Waals surface area contributed by atoms with Crippen LogP contribution in [0.4, 0.5) is 0 Å². The van der Waals surface area contributed by atoms with Crippen molar-refractivity contribution in [3.63, 3.8) is 0 Å². The molecule has 0 saturated heterocycles. The maximum Gasteiger partial charge on any atom is 0.291 e. The first kappa shape index (κ1) is 10.6. The number of nitrogens with zero attached hydrogens (tertiary/aromatic N) is 3. The third-order valence-corrected chi connectivity index (χ3v) is 5.37. The van der Waals surface area contributed by atoms with Gasteiger partial charge in [-0.3, -0.25) is 4.98 Å². The number of benzene rings is 1. The Balaban J connectivity index is 1.98. The molecule has 1 aliphatic heterocycles. The number of rotatable bonds is 0. The van der Waals surface area contributed by atoms with Crippen LogP contribution in [0.3, 0.4) is 0 Å². The molecule has 0 spiro atoms. The van der Waals surface area contributed by atoms with Gasteiger partial charge in [0.2, 0.25) is 4.83 Å². The summed E-state index contributed by atoms with van der Waals surface area (Å²) in [5, 5.41) is 1.26. The molecule has 3 nitrogen and oxygen atoms in total. The number of aromatic nitrogens is 3. The third kappa shape index (κ3) is 1.11. The standard InChI is InChI=1S/C16H12N3S/c1-18-14-12-8-17-7-6-13(12)20-16(14)19-9-10-4-2-3-5-11(10)15(18)19/h2-8H,9H2,1H3/q+1. The second kappa shape index (κ2) is 3.46. The molecule has 1 aliphatic rings. The zero-order chi connectivity index (χ0) is 13.3. The highest BCUT2D eigenvalue weighted by atomic mass is 32.1. The van der Waals surface area contributed by atoms with Crippen LogP contribution in [0.2, 0.25) is 0 Å². The summed E-state index contributed by atoms with van der Waals surface area (Å²) in [5.74, 6) is 1.31. The van der Waals surface area contributed by atoms with E-state index >= 15 is 0 Å². The molecule has 0 unspecified atom stereocenters. The number of aryl methyl sites for hydroxylation is 1. The zero-order valence-electron chi connectivity index (χ0n) is 11.0. The van der Waals surface area contributed by atoms with Crippen LogP contribution in [0, 0.1) is 0 Å². The van der Waals surface area contributed by atoms with E-state index in [9.17, 15) is 0 Å². The first-order chi connectivity index (χ1) is 9.84. The van der Waals surface area contributed by atoms with Crippen molar-refractivity contribution >= 4 is 31.8 Å². The van der Waals surface area contributed by atoms with Crippen LogP contribution < -0.4 is 4.57 Å². The predicted octanol–water partition coefficient (Wildman–Crippen LogP) is 3.10. The fourth-order valence-electron chi connectivity index (χ4n) is 3.33. The highest BCUT2D eigenvalue weighted by Gasteiger charge is 2.34. The Labute approximate surface area is 119 Å². The van der Waals surface area contributed by atoms with E-state index in [1.54, 1.807) is 0 Å². The summed E-state index contributed by atoms with van der Waals surface area (Å²) in [6.45, 7) is 0.975. The molecule has 1 aromatic carbocycles. The summed E-state index contributed by atoms with van der Waals surface area (Å²) >= 11 is 1.86. The van der Waals surface area contributed by atoms with E-state index in [1.807, 2.05) is 23.7 Å². The van der Waals surface area contributed by atoms with E-state index in [0.717, 1.165) is 6.54 Å². The number of hydrogen-bond donors (Lipinski definition) is 0. The normalized spacial score (nSPS) is 13.1. The van der Waals surface area contributed by atoms with E-state index in [1.165, 1.54) is 37.4 Å². The van der Waals surface area contributed by atoms with Crippen LogP contribution in [0.5, 0.6) is 0 Å². The summed E-state index contributed by atoms with van der Waals surface area (Å²) in [6, 6.07) is 10.8. The first-order valence-electron chi connectivity index (χ1n) is 6.67. The van der Waals surface area contributed by atoms with Gasteiger partial charge in [-0.1, -0.05) is 29.5 Å². The van der Waals surface area contributed by atoms with Gasteiger partial charge in [0.1, 0.15) is 6.54 Å². The molecule has 4 heteroatoms. The third-order valence-electron chi connectivity index (χ3n) is 4.19. The molecule has 3 aromatic heterocycles. The van der Waals surface area contributed by atoms with E-state index in [-0.39, 0.29) is 0 Å². The zero-order valence-corrected chi connectivity index (χ0v) is 11.8. The Hall–Kier alpha value is -2.20. The summed E-state index contributed by atoms with van der Waals surface area (Å²) in [4.78, 5) is 5.64. The van der Waals surface area contributed by atoms with Crippen LogP contribution in [0.1, 0.15) is 5.56 Å². The number of fused-ring (bicyclic) bond motifs is 7. The van der Waals surface area contributed by atoms with Gasteiger partial charge in [0, 0.05) is 22.7 Å². The Morgan fingerprint density at radius 3 is 3.10 bits per heavy atom. The number of pyridine rings is 1. The van der Waals surface area contributed by atoms with Crippen molar-refractivity contribution in [2.75, 3.05) is 0 Å². The molecule has 96 valence electrons. The van der Waals surface area contributed by atoms with Crippen molar-refractivity contribution in [2.24, 2.45) is 7.05 Å². The van der Waals surface area contributed by atoms with Crippen molar-refractivity contribution in [3.05, 3.63) is 48.3 Å². The molecule has 4 heterocycles. The molecule has 0 bridgehead atoms. The number of imidazole rings is 1. The fraction of sp³-hybridized carbons (Fsp3) is 0.125. The fourth-order valence-corrected chi connectivity index (χ4v) is 4.53. The largest absolute Gasteiger partial charge is 0.291 e. The molecule has 20 heavy (non-hydrogen) atoms. The van der Waals surface area contributed by atoms with Gasteiger partial charge in [0.15, 0.2) is 5.52 Å². The van der Waals surface area contributed by atoms with Crippen LogP contribution >= 0.6 is 11.3 Å².